The summed E-state index contributed by atoms with van der Waals surface area (Å²) in [5.41, 5.74) is 1.71. The Hall–Kier alpha value is -1.48. The fourth-order valence-electron chi connectivity index (χ4n) is 1.51. The molecule has 0 aliphatic heterocycles. The van der Waals surface area contributed by atoms with E-state index in [-0.39, 0.29) is 5.56 Å². The standard InChI is InChI=1S/C10H8ClNO2/c1-6-7(10(13)14)5-9-8(11)3-2-4-12(6)9/h2-5H,1H3,(H,13,14). The number of nitrogens with zero attached hydrogens (tertiary/aromatic N) is 1. The van der Waals surface area contributed by atoms with Crippen molar-refractivity contribution in [1.82, 2.24) is 4.40 Å². The number of hydrogen-bond acceptors (Lipinski definition) is 1. The molecule has 2 rings (SSSR count). The molecule has 72 valence electrons. The summed E-state index contributed by atoms with van der Waals surface area (Å²) < 4.78 is 1.77. The van der Waals surface area contributed by atoms with Crippen LogP contribution in [0.3, 0.4) is 0 Å². The van der Waals surface area contributed by atoms with E-state index >= 15 is 0 Å². The van der Waals surface area contributed by atoms with Crippen molar-refractivity contribution in [3.8, 4) is 0 Å². The Morgan fingerprint density at radius 1 is 1.57 bits per heavy atom. The molecule has 0 saturated carbocycles. The van der Waals surface area contributed by atoms with E-state index in [0.717, 1.165) is 5.52 Å². The van der Waals surface area contributed by atoms with E-state index in [1.807, 2.05) is 0 Å². The van der Waals surface area contributed by atoms with E-state index in [2.05, 4.69) is 0 Å². The maximum Gasteiger partial charge on any atom is 0.337 e. The number of rotatable bonds is 1. The highest BCUT2D eigenvalue weighted by atomic mass is 35.5. The number of hydrogen-bond donors (Lipinski definition) is 1. The molecular formula is C10H8ClNO2. The first kappa shape index (κ1) is 9.09. The van der Waals surface area contributed by atoms with Gasteiger partial charge in [-0.05, 0) is 25.1 Å². The van der Waals surface area contributed by atoms with Crippen molar-refractivity contribution in [2.45, 2.75) is 6.92 Å². The molecule has 0 fully saturated rings. The molecule has 2 aromatic rings. The predicted octanol–water partition coefficient (Wildman–Crippen LogP) is 2.60. The van der Waals surface area contributed by atoms with Crippen LogP contribution in [0.15, 0.2) is 24.4 Å². The van der Waals surface area contributed by atoms with Crippen LogP contribution in [0, 0.1) is 6.92 Å². The molecule has 0 aliphatic carbocycles. The summed E-state index contributed by atoms with van der Waals surface area (Å²) in [6, 6.07) is 5.11. The minimum absolute atomic E-state index is 0.290. The molecule has 2 heterocycles. The van der Waals surface area contributed by atoms with Crippen LogP contribution < -0.4 is 0 Å². The van der Waals surface area contributed by atoms with Gasteiger partial charge in [0, 0.05) is 11.9 Å². The highest BCUT2D eigenvalue weighted by molar-refractivity contribution is 6.33. The van der Waals surface area contributed by atoms with Gasteiger partial charge in [-0.15, -0.1) is 0 Å². The van der Waals surface area contributed by atoms with Gasteiger partial charge >= 0.3 is 5.97 Å². The van der Waals surface area contributed by atoms with Gasteiger partial charge in [0.2, 0.25) is 0 Å². The van der Waals surface area contributed by atoms with Crippen molar-refractivity contribution in [1.29, 1.82) is 0 Å². The van der Waals surface area contributed by atoms with Crippen LogP contribution in [-0.2, 0) is 0 Å². The summed E-state index contributed by atoms with van der Waals surface area (Å²) in [6.07, 6.45) is 1.79. The fourth-order valence-corrected chi connectivity index (χ4v) is 1.73. The molecule has 2 aromatic heterocycles. The summed E-state index contributed by atoms with van der Waals surface area (Å²) in [5.74, 6) is -0.928. The summed E-state index contributed by atoms with van der Waals surface area (Å²) >= 11 is 5.93. The second-order valence-electron chi connectivity index (χ2n) is 3.06. The number of fused-ring (bicyclic) bond motifs is 1. The topological polar surface area (TPSA) is 41.7 Å². The average molecular weight is 210 g/mol. The van der Waals surface area contributed by atoms with Crippen LogP contribution in [0.4, 0.5) is 0 Å². The van der Waals surface area contributed by atoms with Gasteiger partial charge in [-0.25, -0.2) is 4.79 Å². The van der Waals surface area contributed by atoms with Gasteiger partial charge in [0.25, 0.3) is 0 Å². The van der Waals surface area contributed by atoms with E-state index in [9.17, 15) is 4.79 Å². The van der Waals surface area contributed by atoms with Crippen LogP contribution in [0.25, 0.3) is 5.52 Å². The minimum Gasteiger partial charge on any atom is -0.478 e. The Balaban J connectivity index is 2.86. The minimum atomic E-state index is -0.928. The smallest absolute Gasteiger partial charge is 0.337 e. The third-order valence-corrected chi connectivity index (χ3v) is 2.56. The number of aromatic nitrogens is 1. The Bertz CT molecular complexity index is 516. The van der Waals surface area contributed by atoms with Crippen LogP contribution >= 0.6 is 11.6 Å². The first-order chi connectivity index (χ1) is 6.61. The Morgan fingerprint density at radius 3 is 2.86 bits per heavy atom. The molecule has 0 unspecified atom stereocenters. The van der Waals surface area contributed by atoms with E-state index in [1.165, 1.54) is 0 Å². The van der Waals surface area contributed by atoms with E-state index < -0.39 is 5.97 Å². The van der Waals surface area contributed by atoms with Crippen LogP contribution in [0.2, 0.25) is 5.02 Å². The third kappa shape index (κ3) is 1.17. The normalized spacial score (nSPS) is 10.7. The summed E-state index contributed by atoms with van der Waals surface area (Å²) in [7, 11) is 0. The van der Waals surface area contributed by atoms with E-state index in [0.29, 0.717) is 10.7 Å². The van der Waals surface area contributed by atoms with Gasteiger partial charge < -0.3 is 9.51 Å². The molecule has 4 heteroatoms. The maximum atomic E-state index is 10.8. The molecule has 0 aromatic carbocycles. The molecule has 0 spiro atoms. The molecule has 14 heavy (non-hydrogen) atoms. The number of carboxylic acid groups (broad SMARTS) is 1. The van der Waals surface area contributed by atoms with Crippen LogP contribution in [0.5, 0.6) is 0 Å². The fraction of sp³-hybridized carbons (Fsp3) is 0.100. The highest BCUT2D eigenvalue weighted by Crippen LogP contribution is 2.22. The largest absolute Gasteiger partial charge is 0.478 e. The molecule has 0 bridgehead atoms. The van der Waals surface area contributed by atoms with Gasteiger partial charge in [-0.1, -0.05) is 11.6 Å². The molecule has 0 aliphatic rings. The van der Waals surface area contributed by atoms with Crippen molar-refractivity contribution < 1.29 is 9.90 Å². The number of carboxylic acids is 1. The predicted molar refractivity (Wildman–Crippen MR) is 54.1 cm³/mol. The van der Waals surface area contributed by atoms with Crippen molar-refractivity contribution in [3.63, 3.8) is 0 Å². The number of halogens is 1. The van der Waals surface area contributed by atoms with Crippen molar-refractivity contribution in [3.05, 3.63) is 40.7 Å². The lowest BCUT2D eigenvalue weighted by atomic mass is 10.2. The number of aromatic carboxylic acids is 1. The van der Waals surface area contributed by atoms with E-state index in [4.69, 9.17) is 16.7 Å². The molecular weight excluding hydrogens is 202 g/mol. The second-order valence-corrected chi connectivity index (χ2v) is 3.47. The third-order valence-electron chi connectivity index (χ3n) is 2.24. The highest BCUT2D eigenvalue weighted by Gasteiger charge is 2.13. The van der Waals surface area contributed by atoms with Gasteiger partial charge in [0.15, 0.2) is 0 Å². The molecule has 0 amide bonds. The van der Waals surface area contributed by atoms with Crippen LogP contribution in [0.1, 0.15) is 16.1 Å². The molecule has 0 atom stereocenters. The lowest BCUT2D eigenvalue weighted by molar-refractivity contribution is 0.0696. The van der Waals surface area contributed by atoms with Gasteiger partial charge in [0.05, 0.1) is 16.1 Å². The number of carbonyl (C=O) groups is 1. The lowest BCUT2D eigenvalue weighted by Crippen LogP contribution is -1.97. The molecule has 1 N–H and O–H groups in total. The summed E-state index contributed by atoms with van der Waals surface area (Å²) in [5, 5.41) is 9.46. The molecule has 0 saturated heterocycles. The zero-order valence-electron chi connectivity index (χ0n) is 7.49. The molecule has 0 radical (unpaired) electrons. The summed E-state index contributed by atoms with van der Waals surface area (Å²) in [4.78, 5) is 10.8. The monoisotopic (exact) mass is 209 g/mol. The average Bonchev–Trinajstić information content (AvgIpc) is 2.46. The zero-order chi connectivity index (χ0) is 10.3. The molecule has 3 nitrogen and oxygen atoms in total. The first-order valence-electron chi connectivity index (χ1n) is 4.10. The quantitative estimate of drug-likeness (QED) is 0.785. The van der Waals surface area contributed by atoms with E-state index in [1.54, 1.807) is 35.7 Å². The van der Waals surface area contributed by atoms with Gasteiger partial charge in [0.1, 0.15) is 0 Å². The number of pyridine rings is 1. The van der Waals surface area contributed by atoms with Gasteiger partial charge in [-0.2, -0.15) is 0 Å². The Kier molecular flexibility index (Phi) is 1.97. The SMILES string of the molecule is Cc1c(C(=O)O)cc2c(Cl)cccn12. The lowest BCUT2D eigenvalue weighted by Gasteiger charge is -1.98. The maximum absolute atomic E-state index is 10.8. The van der Waals surface area contributed by atoms with Crippen LogP contribution in [-0.4, -0.2) is 15.5 Å². The Labute approximate surface area is 85.5 Å². The second kappa shape index (κ2) is 3.03. The number of aryl methyl sites for hydroxylation is 1. The van der Waals surface area contributed by atoms with Crippen molar-refractivity contribution in [2.75, 3.05) is 0 Å². The summed E-state index contributed by atoms with van der Waals surface area (Å²) in [6.45, 7) is 1.76. The Morgan fingerprint density at radius 2 is 2.29 bits per heavy atom. The van der Waals surface area contributed by atoms with Crippen molar-refractivity contribution in [2.24, 2.45) is 0 Å². The first-order valence-corrected chi connectivity index (χ1v) is 4.48. The zero-order valence-corrected chi connectivity index (χ0v) is 8.25. The van der Waals surface area contributed by atoms with Crippen molar-refractivity contribution >= 4 is 23.1 Å². The van der Waals surface area contributed by atoms with Gasteiger partial charge in [-0.3, -0.25) is 0 Å².